The van der Waals surface area contributed by atoms with Crippen molar-refractivity contribution in [1.29, 1.82) is 0 Å². The van der Waals surface area contributed by atoms with Gasteiger partial charge in [0.1, 0.15) is 12.7 Å². The SMILES string of the molecule is Cc1ccc(CNC(=O)c2ccc(-n3cncn3)cc2)cn1. The van der Waals surface area contributed by atoms with Crippen LogP contribution >= 0.6 is 0 Å². The molecule has 0 bridgehead atoms. The Kier molecular flexibility index (Phi) is 3.91. The van der Waals surface area contributed by atoms with Crippen molar-refractivity contribution < 1.29 is 4.79 Å². The van der Waals surface area contributed by atoms with E-state index in [1.54, 1.807) is 29.3 Å². The molecule has 0 fully saturated rings. The van der Waals surface area contributed by atoms with E-state index in [-0.39, 0.29) is 5.91 Å². The number of hydrogen-bond acceptors (Lipinski definition) is 4. The van der Waals surface area contributed by atoms with Crippen LogP contribution in [0.5, 0.6) is 0 Å². The van der Waals surface area contributed by atoms with Crippen LogP contribution in [0.25, 0.3) is 5.69 Å². The largest absolute Gasteiger partial charge is 0.348 e. The first-order valence-corrected chi connectivity index (χ1v) is 6.87. The molecule has 2 aromatic heterocycles. The number of carbonyl (C=O) groups is 1. The number of pyridine rings is 1. The van der Waals surface area contributed by atoms with Crippen molar-refractivity contribution in [1.82, 2.24) is 25.1 Å². The maximum atomic E-state index is 12.1. The van der Waals surface area contributed by atoms with Crippen LogP contribution in [0.1, 0.15) is 21.6 Å². The van der Waals surface area contributed by atoms with E-state index in [9.17, 15) is 4.79 Å². The van der Waals surface area contributed by atoms with E-state index in [2.05, 4.69) is 20.4 Å². The number of amides is 1. The molecule has 1 amide bonds. The zero-order chi connectivity index (χ0) is 15.4. The maximum Gasteiger partial charge on any atom is 0.251 e. The number of aryl methyl sites for hydroxylation is 1. The third-order valence-corrected chi connectivity index (χ3v) is 3.24. The van der Waals surface area contributed by atoms with Gasteiger partial charge in [-0.3, -0.25) is 9.78 Å². The number of rotatable bonds is 4. The number of hydrogen-bond donors (Lipinski definition) is 1. The number of aromatic nitrogens is 4. The van der Waals surface area contributed by atoms with Gasteiger partial charge in [-0.05, 0) is 42.8 Å². The van der Waals surface area contributed by atoms with Crippen molar-refractivity contribution in [2.24, 2.45) is 0 Å². The van der Waals surface area contributed by atoms with Crippen LogP contribution in [0.15, 0.2) is 55.2 Å². The van der Waals surface area contributed by atoms with Gasteiger partial charge in [-0.15, -0.1) is 0 Å². The van der Waals surface area contributed by atoms with Crippen LogP contribution in [0.2, 0.25) is 0 Å². The Morgan fingerprint density at radius 1 is 1.18 bits per heavy atom. The molecule has 1 N–H and O–H groups in total. The summed E-state index contributed by atoms with van der Waals surface area (Å²) in [6.07, 6.45) is 4.85. The second-order valence-electron chi connectivity index (χ2n) is 4.88. The lowest BCUT2D eigenvalue weighted by Crippen LogP contribution is -2.22. The predicted octanol–water partition coefficient (Wildman–Crippen LogP) is 1.90. The minimum atomic E-state index is -0.120. The smallest absolute Gasteiger partial charge is 0.251 e. The molecule has 110 valence electrons. The summed E-state index contributed by atoms with van der Waals surface area (Å²) in [5.41, 5.74) is 3.39. The topological polar surface area (TPSA) is 72.7 Å². The summed E-state index contributed by atoms with van der Waals surface area (Å²) in [5, 5.41) is 6.92. The van der Waals surface area contributed by atoms with Gasteiger partial charge >= 0.3 is 0 Å². The molecule has 6 nitrogen and oxygen atoms in total. The zero-order valence-corrected chi connectivity index (χ0v) is 12.1. The Labute approximate surface area is 127 Å². The number of benzene rings is 1. The average Bonchev–Trinajstić information content (AvgIpc) is 3.09. The van der Waals surface area contributed by atoms with E-state index >= 15 is 0 Å². The summed E-state index contributed by atoms with van der Waals surface area (Å²) in [5.74, 6) is -0.120. The highest BCUT2D eigenvalue weighted by Crippen LogP contribution is 2.08. The van der Waals surface area contributed by atoms with Gasteiger partial charge in [0.2, 0.25) is 0 Å². The Morgan fingerprint density at radius 3 is 2.64 bits per heavy atom. The van der Waals surface area contributed by atoms with Crippen LogP contribution in [-0.4, -0.2) is 25.7 Å². The molecule has 3 aromatic rings. The first-order valence-electron chi connectivity index (χ1n) is 6.87. The predicted molar refractivity (Wildman–Crippen MR) is 81.5 cm³/mol. The summed E-state index contributed by atoms with van der Waals surface area (Å²) >= 11 is 0. The van der Waals surface area contributed by atoms with E-state index in [0.717, 1.165) is 16.9 Å². The van der Waals surface area contributed by atoms with Crippen LogP contribution in [0.3, 0.4) is 0 Å². The minimum Gasteiger partial charge on any atom is -0.348 e. The van der Waals surface area contributed by atoms with E-state index in [1.807, 2.05) is 31.2 Å². The minimum absolute atomic E-state index is 0.120. The van der Waals surface area contributed by atoms with Crippen molar-refractivity contribution in [3.8, 4) is 5.69 Å². The van der Waals surface area contributed by atoms with E-state index in [4.69, 9.17) is 0 Å². The van der Waals surface area contributed by atoms with Crippen LogP contribution in [-0.2, 0) is 6.54 Å². The highest BCUT2D eigenvalue weighted by molar-refractivity contribution is 5.94. The fourth-order valence-corrected chi connectivity index (χ4v) is 1.99. The quantitative estimate of drug-likeness (QED) is 0.797. The summed E-state index contributed by atoms with van der Waals surface area (Å²) in [7, 11) is 0. The molecule has 22 heavy (non-hydrogen) atoms. The molecule has 0 aliphatic rings. The van der Waals surface area contributed by atoms with Gasteiger partial charge in [-0.1, -0.05) is 6.07 Å². The first kappa shape index (κ1) is 13.9. The number of nitrogens with zero attached hydrogens (tertiary/aromatic N) is 4. The fraction of sp³-hybridized carbons (Fsp3) is 0.125. The summed E-state index contributed by atoms with van der Waals surface area (Å²) in [4.78, 5) is 20.2. The highest BCUT2D eigenvalue weighted by atomic mass is 16.1. The van der Waals surface area contributed by atoms with Gasteiger partial charge in [0.25, 0.3) is 5.91 Å². The lowest BCUT2D eigenvalue weighted by molar-refractivity contribution is 0.0951. The van der Waals surface area contributed by atoms with Crippen molar-refractivity contribution in [2.75, 3.05) is 0 Å². The Hall–Kier alpha value is -3.02. The molecule has 0 spiro atoms. The average molecular weight is 293 g/mol. The molecule has 6 heteroatoms. The highest BCUT2D eigenvalue weighted by Gasteiger charge is 2.06. The number of nitrogens with one attached hydrogen (secondary N) is 1. The Bertz CT molecular complexity index is 748. The first-order chi connectivity index (χ1) is 10.7. The van der Waals surface area contributed by atoms with E-state index in [0.29, 0.717) is 12.1 Å². The monoisotopic (exact) mass is 293 g/mol. The third-order valence-electron chi connectivity index (χ3n) is 3.24. The van der Waals surface area contributed by atoms with Crippen LogP contribution in [0.4, 0.5) is 0 Å². The van der Waals surface area contributed by atoms with E-state index < -0.39 is 0 Å². The molecule has 0 aliphatic heterocycles. The third kappa shape index (κ3) is 3.17. The summed E-state index contributed by atoms with van der Waals surface area (Å²) in [6, 6.07) is 11.1. The van der Waals surface area contributed by atoms with Gasteiger partial charge in [-0.2, -0.15) is 5.10 Å². The van der Waals surface area contributed by atoms with Crippen LogP contribution < -0.4 is 5.32 Å². The van der Waals surface area contributed by atoms with Gasteiger partial charge in [0.15, 0.2) is 0 Å². The second kappa shape index (κ2) is 6.17. The number of carbonyl (C=O) groups excluding carboxylic acids is 1. The van der Waals surface area contributed by atoms with E-state index in [1.165, 1.54) is 6.33 Å². The second-order valence-corrected chi connectivity index (χ2v) is 4.88. The molecule has 0 saturated carbocycles. The summed E-state index contributed by atoms with van der Waals surface area (Å²) < 4.78 is 1.64. The summed E-state index contributed by atoms with van der Waals surface area (Å²) in [6.45, 7) is 2.38. The molecule has 0 aliphatic carbocycles. The van der Waals surface area contributed by atoms with Gasteiger partial charge in [0.05, 0.1) is 5.69 Å². The van der Waals surface area contributed by atoms with Gasteiger partial charge in [-0.25, -0.2) is 9.67 Å². The zero-order valence-electron chi connectivity index (χ0n) is 12.1. The molecule has 0 atom stereocenters. The molecular weight excluding hydrogens is 278 g/mol. The normalized spacial score (nSPS) is 10.4. The molecule has 1 aromatic carbocycles. The Morgan fingerprint density at radius 2 is 2.00 bits per heavy atom. The van der Waals surface area contributed by atoms with Crippen molar-refractivity contribution in [2.45, 2.75) is 13.5 Å². The maximum absolute atomic E-state index is 12.1. The lowest BCUT2D eigenvalue weighted by atomic mass is 10.2. The molecule has 2 heterocycles. The van der Waals surface area contributed by atoms with Gasteiger partial charge < -0.3 is 5.32 Å². The van der Waals surface area contributed by atoms with Crippen molar-refractivity contribution in [3.05, 3.63) is 72.1 Å². The van der Waals surface area contributed by atoms with Crippen molar-refractivity contribution >= 4 is 5.91 Å². The molecule has 0 radical (unpaired) electrons. The fourth-order valence-electron chi connectivity index (χ4n) is 1.99. The van der Waals surface area contributed by atoms with Crippen molar-refractivity contribution in [3.63, 3.8) is 0 Å². The lowest BCUT2D eigenvalue weighted by Gasteiger charge is -2.06. The Balaban J connectivity index is 1.63. The standard InChI is InChI=1S/C16H15N5O/c1-12-2-3-13(8-18-12)9-19-16(22)14-4-6-15(7-5-14)21-11-17-10-20-21/h2-8,10-11H,9H2,1H3,(H,19,22). The molecule has 0 unspecified atom stereocenters. The molecular formula is C16H15N5O. The van der Waals surface area contributed by atoms with Gasteiger partial charge in [0, 0.05) is 24.0 Å². The van der Waals surface area contributed by atoms with Crippen LogP contribution in [0, 0.1) is 6.92 Å². The molecule has 3 rings (SSSR count). The molecule has 0 saturated heterocycles.